The molecule has 0 N–H and O–H groups in total. The van der Waals surface area contributed by atoms with Crippen molar-refractivity contribution in [2.24, 2.45) is 5.16 Å². The molecule has 0 unspecified atom stereocenters. The van der Waals surface area contributed by atoms with Crippen LogP contribution in [-0.4, -0.2) is 19.9 Å². The Balaban J connectivity index is 2.83. The summed E-state index contributed by atoms with van der Waals surface area (Å²) in [7, 11) is 3.20. The van der Waals surface area contributed by atoms with Gasteiger partial charge in [0.1, 0.15) is 12.9 Å². The van der Waals surface area contributed by atoms with Gasteiger partial charge >= 0.3 is 0 Å². The maximum absolute atomic E-state index is 5.10. The number of ether oxygens (including phenoxy) is 1. The van der Waals surface area contributed by atoms with Crippen LogP contribution in [0.15, 0.2) is 42.1 Å². The minimum absolute atomic E-state index is 0.823. The van der Waals surface area contributed by atoms with Crippen molar-refractivity contribution in [1.82, 2.24) is 0 Å². The van der Waals surface area contributed by atoms with Gasteiger partial charge in [-0.2, -0.15) is 0 Å². The molecule has 0 aliphatic rings. The predicted octanol–water partition coefficient (Wildman–Crippen LogP) is 3.01. The molecule has 86 valence electrons. The monoisotopic (exact) mass is 219 g/mol. The van der Waals surface area contributed by atoms with Gasteiger partial charge in [-0.05, 0) is 42.7 Å². The molecule has 0 saturated heterocycles. The van der Waals surface area contributed by atoms with Crippen LogP contribution in [0.3, 0.4) is 0 Å². The van der Waals surface area contributed by atoms with Crippen LogP contribution >= 0.6 is 0 Å². The highest BCUT2D eigenvalue weighted by molar-refractivity contribution is 6.00. The fraction of sp³-hybridized carbons (Fsp3) is 0.308. The van der Waals surface area contributed by atoms with Gasteiger partial charge in [-0.15, -0.1) is 6.58 Å². The number of methoxy groups -OCH3 is 1. The third-order valence-corrected chi connectivity index (χ3v) is 2.21. The zero-order chi connectivity index (χ0) is 11.8. The second-order valence-electron chi connectivity index (χ2n) is 3.28. The lowest BCUT2D eigenvalue weighted by Gasteiger charge is -2.05. The van der Waals surface area contributed by atoms with Crippen molar-refractivity contribution in [2.75, 3.05) is 14.2 Å². The first kappa shape index (κ1) is 12.3. The molecule has 1 aromatic carbocycles. The molecule has 0 radical (unpaired) electrons. The lowest BCUT2D eigenvalue weighted by atomic mass is 10.1. The summed E-state index contributed by atoms with van der Waals surface area (Å²) in [6.45, 7) is 3.70. The Morgan fingerprint density at radius 3 is 2.50 bits per heavy atom. The van der Waals surface area contributed by atoms with E-state index in [4.69, 9.17) is 9.57 Å². The Morgan fingerprint density at radius 1 is 1.31 bits per heavy atom. The first-order chi connectivity index (χ1) is 7.81. The molecule has 0 saturated carbocycles. The normalized spacial score (nSPS) is 11.0. The van der Waals surface area contributed by atoms with E-state index in [2.05, 4.69) is 11.7 Å². The first-order valence-electron chi connectivity index (χ1n) is 5.17. The third kappa shape index (κ3) is 3.42. The van der Waals surface area contributed by atoms with Crippen molar-refractivity contribution in [3.8, 4) is 5.75 Å². The summed E-state index contributed by atoms with van der Waals surface area (Å²) >= 11 is 0. The van der Waals surface area contributed by atoms with Crippen molar-refractivity contribution < 1.29 is 9.57 Å². The highest BCUT2D eigenvalue weighted by Crippen LogP contribution is 2.14. The van der Waals surface area contributed by atoms with Crippen LogP contribution in [-0.2, 0) is 4.84 Å². The standard InChI is InChI=1S/C13H17NO2/c1-4-5-6-13(14-16-3)11-7-9-12(15-2)10-8-11/h4,7-10H,1,5-6H2,2-3H3. The fourth-order valence-corrected chi connectivity index (χ4v) is 1.38. The number of hydrogen-bond acceptors (Lipinski definition) is 3. The van der Waals surface area contributed by atoms with Gasteiger partial charge in [0.2, 0.25) is 0 Å². The maximum atomic E-state index is 5.10. The van der Waals surface area contributed by atoms with Gasteiger partial charge < -0.3 is 9.57 Å². The molecule has 1 aromatic rings. The fourth-order valence-electron chi connectivity index (χ4n) is 1.38. The molecule has 0 fully saturated rings. The molecule has 0 aromatic heterocycles. The second-order valence-corrected chi connectivity index (χ2v) is 3.28. The SMILES string of the molecule is C=CCCC(=NOC)c1ccc(OC)cc1. The molecule has 3 heteroatoms. The average molecular weight is 219 g/mol. The highest BCUT2D eigenvalue weighted by Gasteiger charge is 2.03. The number of rotatable bonds is 6. The first-order valence-corrected chi connectivity index (χ1v) is 5.17. The van der Waals surface area contributed by atoms with E-state index in [1.165, 1.54) is 0 Å². The van der Waals surface area contributed by atoms with Crippen LogP contribution < -0.4 is 4.74 Å². The molecule has 16 heavy (non-hydrogen) atoms. The van der Waals surface area contributed by atoms with Crippen LogP contribution in [0.5, 0.6) is 5.75 Å². The number of oxime groups is 1. The molecule has 1 rings (SSSR count). The smallest absolute Gasteiger partial charge is 0.118 e. The molecular weight excluding hydrogens is 202 g/mol. The van der Waals surface area contributed by atoms with E-state index < -0.39 is 0 Å². The summed E-state index contributed by atoms with van der Waals surface area (Å²) in [6.07, 6.45) is 3.58. The summed E-state index contributed by atoms with van der Waals surface area (Å²) in [6, 6.07) is 7.77. The van der Waals surface area contributed by atoms with Crippen LogP contribution in [0, 0.1) is 0 Å². The highest BCUT2D eigenvalue weighted by atomic mass is 16.6. The van der Waals surface area contributed by atoms with E-state index in [9.17, 15) is 0 Å². The van der Waals surface area contributed by atoms with Gasteiger partial charge in [-0.25, -0.2) is 0 Å². The van der Waals surface area contributed by atoms with E-state index in [0.717, 1.165) is 29.9 Å². The topological polar surface area (TPSA) is 30.8 Å². The Hall–Kier alpha value is -1.77. The van der Waals surface area contributed by atoms with Gasteiger partial charge in [0.25, 0.3) is 0 Å². The van der Waals surface area contributed by atoms with E-state index in [1.54, 1.807) is 14.2 Å². The molecule has 0 amide bonds. The summed E-state index contributed by atoms with van der Waals surface area (Å²) in [5.41, 5.74) is 1.97. The van der Waals surface area contributed by atoms with Gasteiger partial charge in [-0.1, -0.05) is 11.2 Å². The van der Waals surface area contributed by atoms with Gasteiger partial charge in [0.05, 0.1) is 12.8 Å². The lowest BCUT2D eigenvalue weighted by Crippen LogP contribution is -2.01. The Labute approximate surface area is 96.4 Å². The second kappa shape index (κ2) is 6.67. The van der Waals surface area contributed by atoms with Gasteiger partial charge in [0.15, 0.2) is 0 Å². The van der Waals surface area contributed by atoms with Crippen LogP contribution in [0.25, 0.3) is 0 Å². The van der Waals surface area contributed by atoms with E-state index >= 15 is 0 Å². The van der Waals surface area contributed by atoms with Crippen molar-refractivity contribution in [2.45, 2.75) is 12.8 Å². The largest absolute Gasteiger partial charge is 0.497 e. The van der Waals surface area contributed by atoms with Crippen molar-refractivity contribution >= 4 is 5.71 Å². The molecule has 0 spiro atoms. The zero-order valence-corrected chi connectivity index (χ0v) is 9.77. The summed E-state index contributed by atoms with van der Waals surface area (Å²) in [5, 5.41) is 4.02. The molecule has 0 atom stereocenters. The Bertz CT molecular complexity index is 355. The maximum Gasteiger partial charge on any atom is 0.118 e. The molecule has 0 heterocycles. The predicted molar refractivity (Wildman–Crippen MR) is 66.0 cm³/mol. The Kier molecular flexibility index (Phi) is 5.12. The molecular formula is C13H17NO2. The lowest BCUT2D eigenvalue weighted by molar-refractivity contribution is 0.213. The van der Waals surface area contributed by atoms with Crippen LogP contribution in [0.4, 0.5) is 0 Å². The number of allylic oxidation sites excluding steroid dienone is 1. The van der Waals surface area contributed by atoms with Gasteiger partial charge in [0, 0.05) is 0 Å². The molecule has 0 aliphatic heterocycles. The van der Waals surface area contributed by atoms with Crippen molar-refractivity contribution in [3.63, 3.8) is 0 Å². The minimum Gasteiger partial charge on any atom is -0.497 e. The van der Waals surface area contributed by atoms with Crippen LogP contribution in [0.1, 0.15) is 18.4 Å². The molecule has 3 nitrogen and oxygen atoms in total. The number of hydrogen-bond donors (Lipinski definition) is 0. The summed E-state index contributed by atoms with van der Waals surface area (Å²) in [4.78, 5) is 4.83. The minimum atomic E-state index is 0.823. The average Bonchev–Trinajstić information content (AvgIpc) is 2.35. The van der Waals surface area contributed by atoms with Gasteiger partial charge in [-0.3, -0.25) is 0 Å². The summed E-state index contributed by atoms with van der Waals surface area (Å²) in [5.74, 6) is 0.837. The van der Waals surface area contributed by atoms with Crippen molar-refractivity contribution in [1.29, 1.82) is 0 Å². The van der Waals surface area contributed by atoms with Crippen molar-refractivity contribution in [3.05, 3.63) is 42.5 Å². The summed E-state index contributed by atoms with van der Waals surface area (Å²) < 4.78 is 5.10. The molecule has 0 bridgehead atoms. The van der Waals surface area contributed by atoms with E-state index in [-0.39, 0.29) is 0 Å². The van der Waals surface area contributed by atoms with E-state index in [1.807, 2.05) is 30.3 Å². The third-order valence-electron chi connectivity index (χ3n) is 2.21. The van der Waals surface area contributed by atoms with E-state index in [0.29, 0.717) is 0 Å². The van der Waals surface area contributed by atoms with Crippen LogP contribution in [0.2, 0.25) is 0 Å². The number of benzene rings is 1. The Morgan fingerprint density at radius 2 is 2.00 bits per heavy atom. The zero-order valence-electron chi connectivity index (χ0n) is 9.77. The molecule has 0 aliphatic carbocycles. The number of nitrogens with zero attached hydrogens (tertiary/aromatic N) is 1. The quantitative estimate of drug-likeness (QED) is 0.418.